The van der Waals surface area contributed by atoms with Crippen LogP contribution in [-0.2, 0) is 0 Å². The zero-order valence-corrected chi connectivity index (χ0v) is 9.73. The van der Waals surface area contributed by atoms with Gasteiger partial charge in [0.15, 0.2) is 0 Å². The molecule has 0 N–H and O–H groups in total. The molecule has 0 amide bonds. The van der Waals surface area contributed by atoms with E-state index in [0.29, 0.717) is 0 Å². The summed E-state index contributed by atoms with van der Waals surface area (Å²) in [7, 11) is 0. The summed E-state index contributed by atoms with van der Waals surface area (Å²) in [6.45, 7) is 0. The van der Waals surface area contributed by atoms with Crippen LogP contribution < -0.4 is 0 Å². The fourth-order valence-corrected chi connectivity index (χ4v) is 5.28. The summed E-state index contributed by atoms with van der Waals surface area (Å²) in [5.41, 5.74) is 0. The molecule has 1 heteroatoms. The van der Waals surface area contributed by atoms with E-state index >= 15 is 0 Å². The maximum atomic E-state index is 6.88. The van der Waals surface area contributed by atoms with Crippen molar-refractivity contribution < 1.29 is 0 Å². The second kappa shape index (κ2) is 3.40. The van der Waals surface area contributed by atoms with Gasteiger partial charge in [-0.15, -0.1) is 11.6 Å². The number of hydrogen-bond donors (Lipinski definition) is 0. The van der Waals surface area contributed by atoms with Gasteiger partial charge in [0, 0.05) is 4.87 Å². The highest BCUT2D eigenvalue weighted by Gasteiger charge is 2.50. The minimum Gasteiger partial charge on any atom is -0.119 e. The van der Waals surface area contributed by atoms with Crippen LogP contribution in [-0.4, -0.2) is 4.87 Å². The van der Waals surface area contributed by atoms with E-state index in [4.69, 9.17) is 11.6 Å². The first-order valence-electron chi connectivity index (χ1n) is 6.48. The lowest BCUT2D eigenvalue weighted by molar-refractivity contribution is 0.0286. The smallest absolute Gasteiger partial charge is 0.0480 e. The Morgan fingerprint density at radius 2 is 1.29 bits per heavy atom. The lowest BCUT2D eigenvalue weighted by Crippen LogP contribution is -2.49. The van der Waals surface area contributed by atoms with Crippen LogP contribution in [0.4, 0.5) is 0 Å². The summed E-state index contributed by atoms with van der Waals surface area (Å²) >= 11 is 6.88. The Balaban J connectivity index is 1.90. The van der Waals surface area contributed by atoms with Crippen LogP contribution in [0.25, 0.3) is 0 Å². The van der Waals surface area contributed by atoms with Crippen molar-refractivity contribution in [2.45, 2.75) is 62.7 Å². The Labute approximate surface area is 92.4 Å². The molecule has 2 atom stereocenters. The Bertz CT molecular complexity index is 201. The lowest BCUT2D eigenvalue weighted by Gasteiger charge is -2.54. The van der Waals surface area contributed by atoms with Gasteiger partial charge in [0.2, 0.25) is 0 Å². The topological polar surface area (TPSA) is 0 Å². The van der Waals surface area contributed by atoms with Crippen LogP contribution in [0.3, 0.4) is 0 Å². The summed E-state index contributed by atoms with van der Waals surface area (Å²) in [5.74, 6) is 2.90. The highest BCUT2D eigenvalue weighted by atomic mass is 35.5. The van der Waals surface area contributed by atoms with Crippen LogP contribution in [0.1, 0.15) is 57.8 Å². The van der Waals surface area contributed by atoms with Gasteiger partial charge in [-0.05, 0) is 30.6 Å². The standard InChI is InChI=1S/C13H21Cl/c14-13-8-2-6-10-4-1-5-11(12(10)13)7-3-9-13/h10-12H,1-9H2. The predicted molar refractivity (Wildman–Crippen MR) is 60.6 cm³/mol. The average molecular weight is 213 g/mol. The SMILES string of the molecule is ClC12CCCC3CCCC(CCC1)C32. The quantitative estimate of drug-likeness (QED) is 0.524. The monoisotopic (exact) mass is 212 g/mol. The van der Waals surface area contributed by atoms with Crippen molar-refractivity contribution in [2.24, 2.45) is 17.8 Å². The maximum absolute atomic E-state index is 6.88. The van der Waals surface area contributed by atoms with E-state index in [2.05, 4.69) is 0 Å². The van der Waals surface area contributed by atoms with E-state index in [9.17, 15) is 0 Å². The highest BCUT2D eigenvalue weighted by molar-refractivity contribution is 6.24. The number of alkyl halides is 1. The molecule has 0 spiro atoms. The lowest BCUT2D eigenvalue weighted by atomic mass is 9.56. The second-order valence-electron chi connectivity index (χ2n) is 5.80. The molecule has 3 saturated carbocycles. The van der Waals surface area contributed by atoms with Gasteiger partial charge in [-0.2, -0.15) is 0 Å². The molecule has 3 fully saturated rings. The van der Waals surface area contributed by atoms with Crippen molar-refractivity contribution in [3.8, 4) is 0 Å². The fraction of sp³-hybridized carbons (Fsp3) is 1.00. The zero-order chi connectivity index (χ0) is 9.60. The normalized spacial score (nSPS) is 52.5. The van der Waals surface area contributed by atoms with Crippen LogP contribution >= 0.6 is 11.6 Å². The molecule has 0 aromatic heterocycles. The largest absolute Gasteiger partial charge is 0.119 e. The Morgan fingerprint density at radius 1 is 0.786 bits per heavy atom. The van der Waals surface area contributed by atoms with Gasteiger partial charge in [-0.25, -0.2) is 0 Å². The molecular weight excluding hydrogens is 192 g/mol. The number of hydrogen-bond acceptors (Lipinski definition) is 0. The first-order chi connectivity index (χ1) is 6.80. The molecule has 0 aromatic carbocycles. The minimum absolute atomic E-state index is 0.242. The molecule has 0 nitrogen and oxygen atoms in total. The number of rotatable bonds is 0. The molecule has 3 rings (SSSR count). The van der Waals surface area contributed by atoms with Crippen molar-refractivity contribution in [2.75, 3.05) is 0 Å². The van der Waals surface area contributed by atoms with Crippen molar-refractivity contribution in [3.63, 3.8) is 0 Å². The van der Waals surface area contributed by atoms with Gasteiger partial charge in [-0.1, -0.05) is 44.9 Å². The summed E-state index contributed by atoms with van der Waals surface area (Å²) in [5, 5.41) is 0. The highest BCUT2D eigenvalue weighted by Crippen LogP contribution is 2.57. The van der Waals surface area contributed by atoms with Gasteiger partial charge in [0.25, 0.3) is 0 Å². The van der Waals surface area contributed by atoms with E-state index in [1.807, 2.05) is 0 Å². The van der Waals surface area contributed by atoms with E-state index in [-0.39, 0.29) is 4.87 Å². The molecule has 0 heterocycles. The Hall–Kier alpha value is 0.290. The molecule has 0 saturated heterocycles. The minimum atomic E-state index is 0.242. The molecule has 0 aromatic rings. The Kier molecular flexibility index (Phi) is 2.31. The van der Waals surface area contributed by atoms with E-state index in [1.165, 1.54) is 57.8 Å². The van der Waals surface area contributed by atoms with Crippen LogP contribution in [0, 0.1) is 17.8 Å². The van der Waals surface area contributed by atoms with Crippen LogP contribution in [0.15, 0.2) is 0 Å². The number of halogens is 1. The average Bonchev–Trinajstić information content (AvgIpc) is 2.18. The second-order valence-corrected chi connectivity index (χ2v) is 6.55. The third kappa shape index (κ3) is 1.33. The van der Waals surface area contributed by atoms with Crippen LogP contribution in [0.2, 0.25) is 0 Å². The summed E-state index contributed by atoms with van der Waals surface area (Å²) in [6, 6.07) is 0. The van der Waals surface area contributed by atoms with Crippen molar-refractivity contribution in [1.82, 2.24) is 0 Å². The first kappa shape index (κ1) is 9.51. The molecule has 3 aliphatic rings. The third-order valence-corrected chi connectivity index (χ3v) is 5.73. The molecule has 2 unspecified atom stereocenters. The van der Waals surface area contributed by atoms with Gasteiger partial charge < -0.3 is 0 Å². The predicted octanol–water partition coefficient (Wildman–Crippen LogP) is 4.36. The van der Waals surface area contributed by atoms with Crippen molar-refractivity contribution in [1.29, 1.82) is 0 Å². The van der Waals surface area contributed by atoms with Crippen molar-refractivity contribution >= 4 is 11.6 Å². The van der Waals surface area contributed by atoms with Gasteiger partial charge in [-0.3, -0.25) is 0 Å². The molecule has 0 bridgehead atoms. The van der Waals surface area contributed by atoms with E-state index in [1.54, 1.807) is 0 Å². The van der Waals surface area contributed by atoms with Gasteiger partial charge >= 0.3 is 0 Å². The van der Waals surface area contributed by atoms with Gasteiger partial charge in [0.1, 0.15) is 0 Å². The summed E-state index contributed by atoms with van der Waals surface area (Å²) < 4.78 is 0. The third-order valence-electron chi connectivity index (χ3n) is 5.10. The molecule has 80 valence electrons. The maximum Gasteiger partial charge on any atom is 0.0480 e. The summed E-state index contributed by atoms with van der Waals surface area (Å²) in [6.07, 6.45) is 12.8. The van der Waals surface area contributed by atoms with Gasteiger partial charge in [0.05, 0.1) is 0 Å². The van der Waals surface area contributed by atoms with E-state index in [0.717, 1.165) is 17.8 Å². The summed E-state index contributed by atoms with van der Waals surface area (Å²) in [4.78, 5) is 0.242. The molecule has 0 aliphatic heterocycles. The first-order valence-corrected chi connectivity index (χ1v) is 6.86. The van der Waals surface area contributed by atoms with Crippen molar-refractivity contribution in [3.05, 3.63) is 0 Å². The Morgan fingerprint density at radius 3 is 1.86 bits per heavy atom. The van der Waals surface area contributed by atoms with E-state index < -0.39 is 0 Å². The fourth-order valence-electron chi connectivity index (χ4n) is 4.65. The molecular formula is C13H21Cl. The molecule has 14 heavy (non-hydrogen) atoms. The molecule has 0 radical (unpaired) electrons. The van der Waals surface area contributed by atoms with Crippen LogP contribution in [0.5, 0.6) is 0 Å². The zero-order valence-electron chi connectivity index (χ0n) is 8.97. The molecule has 3 aliphatic carbocycles.